The fourth-order valence-electron chi connectivity index (χ4n) is 0. The summed E-state index contributed by atoms with van der Waals surface area (Å²) in [6, 6.07) is 0. The van der Waals surface area contributed by atoms with Crippen LogP contribution in [-0.4, -0.2) is 22.8 Å². The Balaban J connectivity index is 0. The molecule has 0 aromatic heterocycles. The van der Waals surface area contributed by atoms with Gasteiger partial charge in [-0.2, -0.15) is 0 Å². The van der Waals surface area contributed by atoms with Gasteiger partial charge in [0.1, 0.15) is 0 Å². The fourth-order valence-corrected chi connectivity index (χ4v) is 0. The molecule has 0 rings (SSSR count). The predicted molar refractivity (Wildman–Crippen MR) is 13.6 cm³/mol. The molecule has 0 amide bonds. The van der Waals surface area contributed by atoms with E-state index in [4.69, 9.17) is 0 Å². The quantitative estimate of drug-likeness (QED) is 0.461. The standard InChI is InChI=1S/Al.Ce.La.H2O.3H/h;;;1H2;;;. The van der Waals surface area contributed by atoms with Crippen LogP contribution in [0.2, 0.25) is 0 Å². The van der Waals surface area contributed by atoms with Crippen LogP contribution in [0.3, 0.4) is 0 Å². The van der Waals surface area contributed by atoms with Crippen molar-refractivity contribution in [3.05, 3.63) is 0 Å². The van der Waals surface area contributed by atoms with Crippen LogP contribution in [0.4, 0.5) is 0 Å². The molecular weight excluding hydrogens is 322 g/mol. The van der Waals surface area contributed by atoms with Gasteiger partial charge in [0.2, 0.25) is 0 Å². The molecule has 0 spiro atoms. The smallest absolute Gasteiger partial charge is 0.187 e. The third kappa shape index (κ3) is 8.91. The van der Waals surface area contributed by atoms with Crippen molar-refractivity contribution in [1.29, 1.82) is 0 Å². The van der Waals surface area contributed by atoms with Crippen molar-refractivity contribution in [2.75, 3.05) is 0 Å². The van der Waals surface area contributed by atoms with E-state index in [1.165, 1.54) is 0 Å². The summed E-state index contributed by atoms with van der Waals surface area (Å²) in [5, 5.41) is 0. The largest absolute Gasteiger partial charge is 0.412 e. The molecule has 2 N–H and O–H groups in total. The summed E-state index contributed by atoms with van der Waals surface area (Å²) in [5.74, 6) is 0. The second-order valence-electron chi connectivity index (χ2n) is 0. The van der Waals surface area contributed by atoms with Gasteiger partial charge in [-0.1, -0.05) is 0 Å². The van der Waals surface area contributed by atoms with Gasteiger partial charge in [-0.15, -0.1) is 0 Å². The van der Waals surface area contributed by atoms with E-state index in [0.29, 0.717) is 0 Å². The molecule has 1 nitrogen and oxygen atoms in total. The molecule has 0 aliphatic heterocycles. The van der Waals surface area contributed by atoms with Crippen molar-refractivity contribution in [2.45, 2.75) is 0 Å². The van der Waals surface area contributed by atoms with Crippen LogP contribution in [0.15, 0.2) is 0 Å². The van der Waals surface area contributed by atoms with Gasteiger partial charge >= 0.3 is 0 Å². The van der Waals surface area contributed by atoms with Crippen molar-refractivity contribution < 1.29 is 82.8 Å². The maximum absolute atomic E-state index is 0. The van der Waals surface area contributed by atoms with Crippen molar-refractivity contribution in [3.63, 3.8) is 0 Å². The van der Waals surface area contributed by atoms with Crippen LogP contribution in [0.5, 0.6) is 0 Å². The third-order valence-electron chi connectivity index (χ3n) is 0. The van der Waals surface area contributed by atoms with Crippen molar-refractivity contribution in [2.24, 2.45) is 0 Å². The Morgan fingerprint density at radius 1 is 1.00 bits per heavy atom. The topological polar surface area (TPSA) is 31.5 Å². The van der Waals surface area contributed by atoms with E-state index in [1.54, 1.807) is 0 Å². The first-order valence-electron chi connectivity index (χ1n) is 0. The zero-order valence-corrected chi connectivity index (χ0v) is 8.34. The summed E-state index contributed by atoms with van der Waals surface area (Å²) < 4.78 is 0. The fraction of sp³-hybridized carbons (Fsp3) is 0. The minimum absolute atomic E-state index is 0. The van der Waals surface area contributed by atoms with Crippen LogP contribution in [0, 0.1) is 77.3 Å². The zero-order valence-electron chi connectivity index (χ0n) is 1.58. The Morgan fingerprint density at radius 3 is 1.00 bits per heavy atom. The van der Waals surface area contributed by atoms with Gasteiger partial charge in [0.15, 0.2) is 17.4 Å². The van der Waals surface area contributed by atoms with E-state index < -0.39 is 0 Å². The molecule has 0 saturated carbocycles. The van der Waals surface area contributed by atoms with Crippen LogP contribution < -0.4 is 0 Å². The molecule has 0 bridgehead atoms. The van der Waals surface area contributed by atoms with E-state index >= 15 is 0 Å². The molecule has 4 heteroatoms. The molecule has 0 aliphatic carbocycles. The second-order valence-corrected chi connectivity index (χ2v) is 0. The average molecular weight is 327 g/mol. The monoisotopic (exact) mass is 327 g/mol. The Hall–Kier alpha value is 3.06. The Bertz CT molecular complexity index is 8.00. The summed E-state index contributed by atoms with van der Waals surface area (Å²) in [6.45, 7) is 0. The molecule has 0 aromatic rings. The maximum atomic E-state index is 0. The molecule has 0 unspecified atom stereocenters. The van der Waals surface area contributed by atoms with E-state index in [0.717, 1.165) is 0 Å². The van der Waals surface area contributed by atoms with Crippen molar-refractivity contribution >= 4 is 17.4 Å². The van der Waals surface area contributed by atoms with Gasteiger partial charge in [-0.3, -0.25) is 0 Å². The molecule has 0 aromatic carbocycles. The van der Waals surface area contributed by atoms with Gasteiger partial charge in [-0.25, -0.2) is 0 Å². The number of hydrogen-bond donors (Lipinski definition) is 0. The van der Waals surface area contributed by atoms with Gasteiger partial charge in [0.25, 0.3) is 0 Å². The van der Waals surface area contributed by atoms with Crippen molar-refractivity contribution in [1.82, 2.24) is 0 Å². The molecule has 0 aliphatic rings. The molecule has 0 fully saturated rings. The first-order valence-corrected chi connectivity index (χ1v) is 0. The van der Waals surface area contributed by atoms with E-state index in [1.807, 2.05) is 0 Å². The minimum Gasteiger partial charge on any atom is -0.412 e. The Kier molecular flexibility index (Phi) is 115. The van der Waals surface area contributed by atoms with Gasteiger partial charge < -0.3 is 5.48 Å². The SMILES string of the molecule is O.[AlH3].[Ce].[La]. The Labute approximate surface area is 97.7 Å². The maximum Gasteiger partial charge on any atom is 0.187 e. The van der Waals surface area contributed by atoms with E-state index in [-0.39, 0.29) is 100 Å². The van der Waals surface area contributed by atoms with E-state index in [9.17, 15) is 0 Å². The van der Waals surface area contributed by atoms with Gasteiger partial charge in [0, 0.05) is 77.3 Å². The molecular formula is H5AlCeLaO. The van der Waals surface area contributed by atoms with Crippen LogP contribution in [-0.2, 0) is 0 Å². The van der Waals surface area contributed by atoms with E-state index in [2.05, 4.69) is 0 Å². The normalized spacial score (nSPS) is 0. The summed E-state index contributed by atoms with van der Waals surface area (Å²) >= 11 is 0. The minimum atomic E-state index is 0. The average Bonchev–Trinajstić information content (AvgIpc) is 0. The molecule has 0 atom stereocenters. The van der Waals surface area contributed by atoms with Crippen LogP contribution in [0.1, 0.15) is 0 Å². The zero-order chi connectivity index (χ0) is 0. The molecule has 21 valence electrons. The second kappa shape index (κ2) is 16.6. The summed E-state index contributed by atoms with van der Waals surface area (Å²) in [7, 11) is 0. The number of rotatable bonds is 0. The molecule has 4 heavy (non-hydrogen) atoms. The third-order valence-corrected chi connectivity index (χ3v) is 0. The molecule has 0 saturated heterocycles. The molecule has 0 heterocycles. The Morgan fingerprint density at radius 2 is 1.00 bits per heavy atom. The summed E-state index contributed by atoms with van der Waals surface area (Å²) in [4.78, 5) is 0. The first kappa shape index (κ1) is 27.7. The van der Waals surface area contributed by atoms with Crippen LogP contribution in [0.25, 0.3) is 0 Å². The van der Waals surface area contributed by atoms with Crippen molar-refractivity contribution in [3.8, 4) is 0 Å². The summed E-state index contributed by atoms with van der Waals surface area (Å²) in [5.41, 5.74) is 0. The van der Waals surface area contributed by atoms with Gasteiger partial charge in [-0.05, 0) is 0 Å². The number of hydrogen-bond acceptors (Lipinski definition) is 0. The molecule has 1 radical (unpaired) electrons. The van der Waals surface area contributed by atoms with Gasteiger partial charge in [0.05, 0.1) is 0 Å². The predicted octanol–water partition coefficient (Wildman–Crippen LogP) is -2.01. The van der Waals surface area contributed by atoms with Crippen LogP contribution >= 0.6 is 0 Å². The summed E-state index contributed by atoms with van der Waals surface area (Å²) in [6.07, 6.45) is 0. The first-order chi connectivity index (χ1) is 0.